The smallest absolute Gasteiger partial charge is 0.0450 e. The molecule has 0 N–H and O–H groups in total. The topological polar surface area (TPSA) is 3.24 Å². The molecule has 0 spiro atoms. The zero-order valence-corrected chi connectivity index (χ0v) is 28.3. The Balaban J connectivity index is 1.03. The lowest BCUT2D eigenvalue weighted by Gasteiger charge is -2.27. The molecule has 0 saturated heterocycles. The highest BCUT2D eigenvalue weighted by atomic mass is 15.2. The van der Waals surface area contributed by atoms with E-state index in [9.17, 15) is 0 Å². The van der Waals surface area contributed by atoms with Crippen LogP contribution in [-0.2, 0) is 0 Å². The van der Waals surface area contributed by atoms with Gasteiger partial charge in [0.15, 0.2) is 0 Å². The van der Waals surface area contributed by atoms with Gasteiger partial charge in [0.05, 0.1) is 0 Å². The average Bonchev–Trinajstić information content (AvgIpc) is 3.78. The van der Waals surface area contributed by atoms with Crippen molar-refractivity contribution in [2.45, 2.75) is 31.2 Å². The maximum Gasteiger partial charge on any atom is 0.0450 e. The molecule has 50 heavy (non-hydrogen) atoms. The summed E-state index contributed by atoms with van der Waals surface area (Å²) < 4.78 is 0. The highest BCUT2D eigenvalue weighted by Crippen LogP contribution is 2.52. The van der Waals surface area contributed by atoms with Crippen molar-refractivity contribution in [1.29, 1.82) is 0 Å². The van der Waals surface area contributed by atoms with E-state index in [0.717, 1.165) is 0 Å². The normalized spacial score (nSPS) is 16.4. The summed E-state index contributed by atoms with van der Waals surface area (Å²) in [4.78, 5) is 2.61. The first-order valence-corrected chi connectivity index (χ1v) is 17.8. The fourth-order valence-electron chi connectivity index (χ4n) is 7.76. The van der Waals surface area contributed by atoms with Crippen molar-refractivity contribution in [3.8, 4) is 0 Å². The van der Waals surface area contributed by atoms with E-state index in [1.54, 1.807) is 0 Å². The largest absolute Gasteiger partial charge is 0.338 e. The highest BCUT2D eigenvalue weighted by molar-refractivity contribution is 5.83. The SMILES string of the molecule is C(/C=C/c1ccc(N2c3ccc(/C=C/C=C(c4ccccc4)c4ccccc4)cc3C3CCCC32)cc1)=C(c1ccccc1)c1ccccc1. The highest BCUT2D eigenvalue weighted by Gasteiger charge is 2.42. The lowest BCUT2D eigenvalue weighted by atomic mass is 9.95. The molecule has 2 atom stereocenters. The average molecular weight is 644 g/mol. The number of benzene rings is 6. The van der Waals surface area contributed by atoms with E-state index in [1.807, 2.05) is 0 Å². The van der Waals surface area contributed by atoms with Crippen LogP contribution in [0.1, 0.15) is 64.1 Å². The molecule has 0 radical (unpaired) electrons. The molecule has 1 heterocycles. The quantitative estimate of drug-likeness (QED) is 0.142. The van der Waals surface area contributed by atoms with Gasteiger partial charge in [0.2, 0.25) is 0 Å². The fraction of sp³-hybridized carbons (Fsp3) is 0.102. The Kier molecular flexibility index (Phi) is 9.21. The maximum atomic E-state index is 2.61. The molecule has 242 valence electrons. The summed E-state index contributed by atoms with van der Waals surface area (Å²) in [5.74, 6) is 0.581. The van der Waals surface area contributed by atoms with Crippen LogP contribution in [0.25, 0.3) is 23.3 Å². The number of anilines is 2. The summed E-state index contributed by atoms with van der Waals surface area (Å²) in [6.07, 6.45) is 17.1. The Morgan fingerprint density at radius 1 is 0.480 bits per heavy atom. The molecule has 1 nitrogen and oxygen atoms in total. The van der Waals surface area contributed by atoms with Crippen LogP contribution in [0, 0.1) is 0 Å². The van der Waals surface area contributed by atoms with E-state index in [2.05, 4.69) is 205 Å². The first kappa shape index (κ1) is 31.4. The molecule has 0 amide bonds. The third kappa shape index (κ3) is 6.68. The van der Waals surface area contributed by atoms with E-state index in [-0.39, 0.29) is 0 Å². The Morgan fingerprint density at radius 3 is 1.44 bits per heavy atom. The van der Waals surface area contributed by atoms with Crippen molar-refractivity contribution in [1.82, 2.24) is 0 Å². The van der Waals surface area contributed by atoms with Crippen LogP contribution in [0.15, 0.2) is 188 Å². The van der Waals surface area contributed by atoms with Gasteiger partial charge >= 0.3 is 0 Å². The number of allylic oxidation sites excluding steroid dienone is 4. The summed E-state index contributed by atoms with van der Waals surface area (Å²) in [5.41, 5.74) is 13.9. The minimum Gasteiger partial charge on any atom is -0.338 e. The van der Waals surface area contributed by atoms with Gasteiger partial charge in [-0.2, -0.15) is 0 Å². The predicted octanol–water partition coefficient (Wildman–Crippen LogP) is 12.8. The van der Waals surface area contributed by atoms with Crippen LogP contribution in [0.5, 0.6) is 0 Å². The van der Waals surface area contributed by atoms with Crippen LogP contribution in [-0.4, -0.2) is 6.04 Å². The van der Waals surface area contributed by atoms with Gasteiger partial charge in [0, 0.05) is 23.3 Å². The molecule has 6 aromatic rings. The van der Waals surface area contributed by atoms with Crippen LogP contribution in [0.2, 0.25) is 0 Å². The first-order chi connectivity index (χ1) is 24.8. The van der Waals surface area contributed by atoms with Crippen LogP contribution < -0.4 is 4.90 Å². The molecule has 0 bridgehead atoms. The molecule has 8 rings (SSSR count). The summed E-state index contributed by atoms with van der Waals surface area (Å²) in [6, 6.07) is 59.3. The zero-order chi connectivity index (χ0) is 33.5. The van der Waals surface area contributed by atoms with Crippen molar-refractivity contribution in [2.75, 3.05) is 4.90 Å². The molecule has 6 aromatic carbocycles. The van der Waals surface area contributed by atoms with Crippen molar-refractivity contribution in [2.24, 2.45) is 0 Å². The Hall–Kier alpha value is -5.92. The number of hydrogen-bond donors (Lipinski definition) is 0. The summed E-state index contributed by atoms with van der Waals surface area (Å²) in [5, 5.41) is 0. The molecule has 0 aromatic heterocycles. The number of fused-ring (bicyclic) bond motifs is 3. The number of rotatable bonds is 9. The number of hydrogen-bond acceptors (Lipinski definition) is 1. The minimum atomic E-state index is 0.524. The van der Waals surface area contributed by atoms with Gasteiger partial charge in [-0.15, -0.1) is 0 Å². The second kappa shape index (κ2) is 14.7. The lowest BCUT2D eigenvalue weighted by Crippen LogP contribution is -2.26. The van der Waals surface area contributed by atoms with E-state index in [0.29, 0.717) is 12.0 Å². The predicted molar refractivity (Wildman–Crippen MR) is 213 cm³/mol. The van der Waals surface area contributed by atoms with Crippen LogP contribution in [0.4, 0.5) is 11.4 Å². The summed E-state index contributed by atoms with van der Waals surface area (Å²) in [6.45, 7) is 0. The fourth-order valence-corrected chi connectivity index (χ4v) is 7.76. The van der Waals surface area contributed by atoms with Crippen molar-refractivity contribution in [3.05, 3.63) is 227 Å². The lowest BCUT2D eigenvalue weighted by molar-refractivity contribution is 0.642. The van der Waals surface area contributed by atoms with Crippen molar-refractivity contribution in [3.63, 3.8) is 0 Å². The minimum absolute atomic E-state index is 0.524. The molecule has 2 aliphatic rings. The van der Waals surface area contributed by atoms with Gasteiger partial charge < -0.3 is 4.90 Å². The van der Waals surface area contributed by atoms with E-state index >= 15 is 0 Å². The number of nitrogens with zero attached hydrogens (tertiary/aromatic N) is 1. The van der Waals surface area contributed by atoms with Gasteiger partial charge in [-0.25, -0.2) is 0 Å². The van der Waals surface area contributed by atoms with E-state index < -0.39 is 0 Å². The molecule has 1 fully saturated rings. The molecule has 2 unspecified atom stereocenters. The van der Waals surface area contributed by atoms with Gasteiger partial charge in [-0.1, -0.05) is 182 Å². The van der Waals surface area contributed by atoms with Gasteiger partial charge in [0.25, 0.3) is 0 Å². The molecular formula is C49H41N. The van der Waals surface area contributed by atoms with Crippen molar-refractivity contribution < 1.29 is 0 Å². The molecular weight excluding hydrogens is 603 g/mol. The monoisotopic (exact) mass is 643 g/mol. The third-order valence-corrected chi connectivity index (χ3v) is 10.1. The third-order valence-electron chi connectivity index (χ3n) is 10.1. The van der Waals surface area contributed by atoms with Crippen molar-refractivity contribution >= 4 is 34.7 Å². The molecule has 1 aliphatic carbocycles. The van der Waals surface area contributed by atoms with E-state index in [4.69, 9.17) is 0 Å². The second-order valence-electron chi connectivity index (χ2n) is 13.2. The zero-order valence-electron chi connectivity index (χ0n) is 28.3. The standard InChI is InChI=1S/C49H41N/c1-5-18-39(19-6-1)44(40-20-7-2-8-21-40)26-13-16-37-30-33-43(34-31-37)50-48-29-15-28-46(48)47-36-38(32-35-49(47)50)17-14-27-45(41-22-9-3-10-23-41)42-24-11-4-12-25-42/h1-14,16-27,30-36,46,48H,15,28-29H2/b16-13+,17-14+. The Bertz CT molecular complexity index is 2070. The second-order valence-corrected chi connectivity index (χ2v) is 13.2. The van der Waals surface area contributed by atoms with Crippen LogP contribution in [0.3, 0.4) is 0 Å². The van der Waals surface area contributed by atoms with Crippen LogP contribution >= 0.6 is 0 Å². The Morgan fingerprint density at radius 2 is 0.940 bits per heavy atom. The van der Waals surface area contributed by atoms with E-state index in [1.165, 1.54) is 80.7 Å². The maximum absolute atomic E-state index is 2.61. The molecule has 1 aliphatic heterocycles. The Labute approximate surface area is 296 Å². The molecule has 1 saturated carbocycles. The molecule has 1 heteroatoms. The summed E-state index contributed by atoms with van der Waals surface area (Å²) >= 11 is 0. The van der Waals surface area contributed by atoms with Gasteiger partial charge in [-0.05, 0) is 87.2 Å². The first-order valence-electron chi connectivity index (χ1n) is 17.8. The van der Waals surface area contributed by atoms with Gasteiger partial charge in [0.1, 0.15) is 0 Å². The van der Waals surface area contributed by atoms with Gasteiger partial charge in [-0.3, -0.25) is 0 Å². The summed E-state index contributed by atoms with van der Waals surface area (Å²) in [7, 11) is 0.